The van der Waals surface area contributed by atoms with Gasteiger partial charge in [-0.15, -0.1) is 0 Å². The number of amides is 2. The maximum Gasteiger partial charge on any atom is 0.315 e. The Morgan fingerprint density at radius 3 is 2.48 bits per heavy atom. The SMILES string of the molecule is CCOC(CCCNC(=O)NCc1ccc(Cl)cc1Cl)OCC. The lowest BCUT2D eigenvalue weighted by Crippen LogP contribution is -2.36. The van der Waals surface area contributed by atoms with Crippen LogP contribution in [0.15, 0.2) is 18.2 Å². The molecule has 1 rings (SSSR count). The van der Waals surface area contributed by atoms with Crippen molar-refractivity contribution in [2.24, 2.45) is 0 Å². The molecule has 0 atom stereocenters. The van der Waals surface area contributed by atoms with Crippen molar-refractivity contribution < 1.29 is 14.3 Å². The highest BCUT2D eigenvalue weighted by Crippen LogP contribution is 2.20. The third-order valence-electron chi connectivity index (χ3n) is 3.06. The molecule has 0 heterocycles. The van der Waals surface area contributed by atoms with E-state index in [-0.39, 0.29) is 12.3 Å². The molecule has 0 aliphatic carbocycles. The largest absolute Gasteiger partial charge is 0.353 e. The lowest BCUT2D eigenvalue weighted by molar-refractivity contribution is -0.139. The fraction of sp³-hybridized carbons (Fsp3) is 0.562. The van der Waals surface area contributed by atoms with Crippen molar-refractivity contribution in [3.05, 3.63) is 33.8 Å². The minimum absolute atomic E-state index is 0.206. The van der Waals surface area contributed by atoms with Gasteiger partial charge in [0.05, 0.1) is 0 Å². The molecule has 23 heavy (non-hydrogen) atoms. The molecule has 1 aromatic rings. The highest BCUT2D eigenvalue weighted by molar-refractivity contribution is 6.35. The molecule has 0 aliphatic heterocycles. The number of hydrogen-bond acceptors (Lipinski definition) is 3. The molecule has 2 amide bonds. The van der Waals surface area contributed by atoms with Gasteiger partial charge in [0.2, 0.25) is 0 Å². The van der Waals surface area contributed by atoms with Gasteiger partial charge in [0.15, 0.2) is 6.29 Å². The molecule has 5 nitrogen and oxygen atoms in total. The third-order valence-corrected chi connectivity index (χ3v) is 3.65. The van der Waals surface area contributed by atoms with Gasteiger partial charge in [0, 0.05) is 42.8 Å². The Labute approximate surface area is 147 Å². The summed E-state index contributed by atoms with van der Waals surface area (Å²) >= 11 is 11.9. The second-order valence-corrected chi connectivity index (χ2v) is 5.67. The van der Waals surface area contributed by atoms with Gasteiger partial charge in [0.1, 0.15) is 0 Å². The van der Waals surface area contributed by atoms with Crippen molar-refractivity contribution in [2.45, 2.75) is 39.5 Å². The first-order chi connectivity index (χ1) is 11.1. The Kier molecular flexibility index (Phi) is 10.0. The highest BCUT2D eigenvalue weighted by atomic mass is 35.5. The molecule has 0 aromatic heterocycles. The maximum absolute atomic E-state index is 11.7. The van der Waals surface area contributed by atoms with Gasteiger partial charge in [-0.2, -0.15) is 0 Å². The zero-order chi connectivity index (χ0) is 17.1. The van der Waals surface area contributed by atoms with Crippen molar-refractivity contribution in [2.75, 3.05) is 19.8 Å². The van der Waals surface area contributed by atoms with Crippen LogP contribution >= 0.6 is 23.2 Å². The number of hydrogen-bond donors (Lipinski definition) is 2. The Morgan fingerprint density at radius 2 is 1.87 bits per heavy atom. The maximum atomic E-state index is 11.7. The molecular formula is C16H24Cl2N2O3. The summed E-state index contributed by atoms with van der Waals surface area (Å²) < 4.78 is 10.9. The summed E-state index contributed by atoms with van der Waals surface area (Å²) in [6, 6.07) is 4.95. The van der Waals surface area contributed by atoms with Crippen molar-refractivity contribution in [3.63, 3.8) is 0 Å². The van der Waals surface area contributed by atoms with E-state index in [4.69, 9.17) is 32.7 Å². The molecule has 0 saturated heterocycles. The molecular weight excluding hydrogens is 339 g/mol. The van der Waals surface area contributed by atoms with Gasteiger partial charge in [-0.1, -0.05) is 29.3 Å². The van der Waals surface area contributed by atoms with Gasteiger partial charge in [-0.25, -0.2) is 4.79 Å². The number of urea groups is 1. The molecule has 0 aliphatic rings. The van der Waals surface area contributed by atoms with Crippen molar-refractivity contribution in [3.8, 4) is 0 Å². The molecule has 2 N–H and O–H groups in total. The van der Waals surface area contributed by atoms with Gasteiger partial charge in [-0.05, 0) is 38.0 Å². The lowest BCUT2D eigenvalue weighted by Gasteiger charge is -2.16. The summed E-state index contributed by atoms with van der Waals surface area (Å²) in [5.41, 5.74) is 0.818. The molecule has 0 bridgehead atoms. The first-order valence-corrected chi connectivity index (χ1v) is 8.51. The van der Waals surface area contributed by atoms with Crippen LogP contribution in [0.25, 0.3) is 0 Å². The minimum Gasteiger partial charge on any atom is -0.353 e. The Morgan fingerprint density at radius 1 is 1.17 bits per heavy atom. The first kappa shape index (κ1) is 20.0. The number of carbonyl (C=O) groups is 1. The van der Waals surface area contributed by atoms with Gasteiger partial charge in [-0.3, -0.25) is 0 Å². The molecule has 0 radical (unpaired) electrons. The van der Waals surface area contributed by atoms with Crippen LogP contribution in [-0.4, -0.2) is 32.1 Å². The second-order valence-electron chi connectivity index (χ2n) is 4.83. The Hall–Kier alpha value is -1.01. The molecule has 7 heteroatoms. The number of nitrogens with one attached hydrogen (secondary N) is 2. The van der Waals surface area contributed by atoms with Crippen LogP contribution in [0.4, 0.5) is 4.79 Å². The van der Waals surface area contributed by atoms with Crippen molar-refractivity contribution >= 4 is 29.2 Å². The molecule has 0 saturated carbocycles. The monoisotopic (exact) mass is 362 g/mol. The summed E-state index contributed by atoms with van der Waals surface area (Å²) in [7, 11) is 0. The standard InChI is InChI=1S/C16H24Cl2N2O3/c1-3-22-15(23-4-2)6-5-9-19-16(21)20-11-12-7-8-13(17)10-14(12)18/h7-8,10,15H,3-6,9,11H2,1-2H3,(H2,19,20,21). The highest BCUT2D eigenvalue weighted by Gasteiger charge is 2.08. The summed E-state index contributed by atoms with van der Waals surface area (Å²) in [5, 5.41) is 6.66. The molecule has 0 unspecified atom stereocenters. The van der Waals surface area contributed by atoms with Crippen LogP contribution in [0, 0.1) is 0 Å². The number of rotatable bonds is 10. The first-order valence-electron chi connectivity index (χ1n) is 7.75. The van der Waals surface area contributed by atoms with E-state index >= 15 is 0 Å². The fourth-order valence-electron chi connectivity index (χ4n) is 1.96. The Bertz CT molecular complexity index is 480. The fourth-order valence-corrected chi connectivity index (χ4v) is 2.44. The number of benzene rings is 1. The second kappa shape index (κ2) is 11.5. The normalized spacial score (nSPS) is 10.8. The quantitative estimate of drug-likeness (QED) is 0.488. The van der Waals surface area contributed by atoms with E-state index in [2.05, 4.69) is 10.6 Å². The predicted molar refractivity (Wildman–Crippen MR) is 93.0 cm³/mol. The van der Waals surface area contributed by atoms with Gasteiger partial charge in [0.25, 0.3) is 0 Å². The van der Waals surface area contributed by atoms with E-state index < -0.39 is 0 Å². The molecule has 1 aromatic carbocycles. The molecule has 0 fully saturated rings. The summed E-state index contributed by atoms with van der Waals surface area (Å²) in [5.74, 6) is 0. The van der Waals surface area contributed by atoms with Crippen LogP contribution in [-0.2, 0) is 16.0 Å². The third kappa shape index (κ3) is 8.42. The Balaban J connectivity index is 2.21. The van der Waals surface area contributed by atoms with Gasteiger partial charge < -0.3 is 20.1 Å². The van der Waals surface area contributed by atoms with Crippen LogP contribution in [0.2, 0.25) is 10.0 Å². The smallest absolute Gasteiger partial charge is 0.315 e. The summed E-state index contributed by atoms with van der Waals surface area (Å²) in [6.07, 6.45) is 1.31. The molecule has 0 spiro atoms. The lowest BCUT2D eigenvalue weighted by atomic mass is 10.2. The summed E-state index contributed by atoms with van der Waals surface area (Å²) in [6.45, 7) is 5.99. The van der Waals surface area contributed by atoms with Crippen LogP contribution in [0.5, 0.6) is 0 Å². The zero-order valence-electron chi connectivity index (χ0n) is 13.5. The van der Waals surface area contributed by atoms with E-state index in [1.807, 2.05) is 13.8 Å². The number of halogens is 2. The van der Waals surface area contributed by atoms with E-state index in [9.17, 15) is 4.79 Å². The molecule has 130 valence electrons. The van der Waals surface area contributed by atoms with Crippen LogP contribution in [0.1, 0.15) is 32.3 Å². The van der Waals surface area contributed by atoms with Crippen molar-refractivity contribution in [1.29, 1.82) is 0 Å². The van der Waals surface area contributed by atoms with Crippen molar-refractivity contribution in [1.82, 2.24) is 10.6 Å². The number of carbonyl (C=O) groups excluding carboxylic acids is 1. The van der Waals surface area contributed by atoms with E-state index in [0.717, 1.165) is 18.4 Å². The van der Waals surface area contributed by atoms with E-state index in [1.54, 1.807) is 18.2 Å². The van der Waals surface area contributed by atoms with E-state index in [1.165, 1.54) is 0 Å². The average Bonchev–Trinajstić information content (AvgIpc) is 2.51. The van der Waals surface area contributed by atoms with E-state index in [0.29, 0.717) is 36.3 Å². The predicted octanol–water partition coefficient (Wildman–Crippen LogP) is 3.97. The van der Waals surface area contributed by atoms with Gasteiger partial charge >= 0.3 is 6.03 Å². The van der Waals surface area contributed by atoms with Crippen LogP contribution < -0.4 is 10.6 Å². The topological polar surface area (TPSA) is 59.6 Å². The number of ether oxygens (including phenoxy) is 2. The average molecular weight is 363 g/mol. The van der Waals surface area contributed by atoms with Crippen LogP contribution in [0.3, 0.4) is 0 Å². The zero-order valence-corrected chi connectivity index (χ0v) is 15.0. The summed E-state index contributed by atoms with van der Waals surface area (Å²) in [4.78, 5) is 11.7. The minimum atomic E-state index is -0.236.